The first kappa shape index (κ1) is 33.7. The van der Waals surface area contributed by atoms with Crippen LogP contribution in [0.15, 0.2) is 46.0 Å². The van der Waals surface area contributed by atoms with E-state index in [0.717, 1.165) is 75.2 Å². The Labute approximate surface area is 298 Å². The fourth-order valence-corrected chi connectivity index (χ4v) is 10.5. The molecule has 2 aromatic heterocycles. The third-order valence-corrected chi connectivity index (χ3v) is 13.3. The molecule has 8 rings (SSSR count). The third-order valence-electron chi connectivity index (χ3n) is 11.9. The number of aryl methyl sites for hydroxylation is 3. The van der Waals surface area contributed by atoms with Crippen molar-refractivity contribution in [2.75, 3.05) is 19.6 Å². The molecule has 2 aliphatic heterocycles. The Morgan fingerprint density at radius 2 is 1.84 bits per heavy atom. The minimum atomic E-state index is -0.394. The van der Waals surface area contributed by atoms with Gasteiger partial charge >= 0.3 is 0 Å². The van der Waals surface area contributed by atoms with Crippen molar-refractivity contribution in [3.63, 3.8) is 0 Å². The highest BCUT2D eigenvalue weighted by atomic mass is 32.1. The van der Waals surface area contributed by atoms with Gasteiger partial charge in [-0.2, -0.15) is 0 Å². The van der Waals surface area contributed by atoms with Crippen molar-refractivity contribution >= 4 is 28.5 Å². The van der Waals surface area contributed by atoms with Gasteiger partial charge in [-0.3, -0.25) is 14.5 Å². The van der Waals surface area contributed by atoms with Crippen molar-refractivity contribution in [2.45, 2.75) is 109 Å². The van der Waals surface area contributed by atoms with Crippen LogP contribution in [-0.4, -0.2) is 62.7 Å². The fourth-order valence-electron chi connectivity index (χ4n) is 9.08. The number of pyridine rings is 1. The number of thiophene rings is 1. The molecule has 1 N–H and O–H groups in total. The van der Waals surface area contributed by atoms with Crippen molar-refractivity contribution in [3.05, 3.63) is 84.3 Å². The lowest BCUT2D eigenvalue weighted by Gasteiger charge is -2.45. The molecule has 50 heavy (non-hydrogen) atoms. The number of halogens is 1. The van der Waals surface area contributed by atoms with Gasteiger partial charge in [0.25, 0.3) is 5.56 Å². The summed E-state index contributed by atoms with van der Waals surface area (Å²) in [7, 11) is 1.70. The Kier molecular flexibility index (Phi) is 9.42. The minimum absolute atomic E-state index is 0.109. The number of hydrogen-bond donors (Lipinski definition) is 1. The van der Waals surface area contributed by atoms with Crippen LogP contribution in [0, 0.1) is 11.7 Å². The van der Waals surface area contributed by atoms with Crippen LogP contribution < -0.4 is 5.56 Å². The van der Waals surface area contributed by atoms with E-state index in [1.807, 2.05) is 0 Å². The Morgan fingerprint density at radius 3 is 2.64 bits per heavy atom. The normalized spacial score (nSPS) is 23.4. The zero-order valence-corrected chi connectivity index (χ0v) is 30.3. The standard InChI is InChI=1S/C41H49FN4O3S/c1-3-30-20-29(21-32-23-45(31-13-14-31)15-16-46(30)32)43-37-18-27(22-44(2)41(37)49)35-19-28(42)17-26(36(35)24-47)12-11-25-7-6-9-34-33-8-4-5-10-38(33)50-40(34)39(25)48/h17-19,21-22,25,30-31,47H,3-16,20,23-24H2,1-2H3. The van der Waals surface area contributed by atoms with Crippen LogP contribution >= 0.6 is 11.3 Å². The van der Waals surface area contributed by atoms with E-state index in [1.165, 1.54) is 64.1 Å². The van der Waals surface area contributed by atoms with Gasteiger partial charge in [-0.05, 0) is 129 Å². The Morgan fingerprint density at radius 1 is 1.02 bits per heavy atom. The summed E-state index contributed by atoms with van der Waals surface area (Å²) in [6.45, 7) is 5.00. The molecule has 7 nitrogen and oxygen atoms in total. The van der Waals surface area contributed by atoms with Crippen LogP contribution in [0.2, 0.25) is 0 Å². The van der Waals surface area contributed by atoms with E-state index in [4.69, 9.17) is 4.99 Å². The summed E-state index contributed by atoms with van der Waals surface area (Å²) >= 11 is 1.72. The topological polar surface area (TPSA) is 78.1 Å². The quantitative estimate of drug-likeness (QED) is 0.250. The molecule has 1 aromatic carbocycles. The number of allylic oxidation sites excluding steroid dienone is 1. The van der Waals surface area contributed by atoms with Gasteiger partial charge in [0, 0.05) is 79.2 Å². The van der Waals surface area contributed by atoms with Crippen molar-refractivity contribution in [2.24, 2.45) is 18.0 Å². The number of aliphatic hydroxyl groups excluding tert-OH is 1. The van der Waals surface area contributed by atoms with Crippen molar-refractivity contribution in [3.8, 4) is 11.1 Å². The predicted octanol–water partition coefficient (Wildman–Crippen LogP) is 7.31. The summed E-state index contributed by atoms with van der Waals surface area (Å²) in [4.78, 5) is 39.8. The molecule has 1 saturated heterocycles. The third kappa shape index (κ3) is 6.46. The largest absolute Gasteiger partial charge is 0.392 e. The summed E-state index contributed by atoms with van der Waals surface area (Å²) in [5.41, 5.74) is 7.62. The lowest BCUT2D eigenvalue weighted by Crippen LogP contribution is -2.51. The van der Waals surface area contributed by atoms with Crippen molar-refractivity contribution in [1.29, 1.82) is 0 Å². The van der Waals surface area contributed by atoms with Crippen LogP contribution in [0.3, 0.4) is 0 Å². The minimum Gasteiger partial charge on any atom is -0.392 e. The summed E-state index contributed by atoms with van der Waals surface area (Å²) in [6, 6.07) is 5.77. The highest BCUT2D eigenvalue weighted by Crippen LogP contribution is 2.40. The first-order valence-electron chi connectivity index (χ1n) is 18.9. The van der Waals surface area contributed by atoms with Gasteiger partial charge in [0.2, 0.25) is 0 Å². The average Bonchev–Trinajstić information content (AvgIpc) is 3.93. The van der Waals surface area contributed by atoms with E-state index in [-0.39, 0.29) is 23.9 Å². The first-order valence-corrected chi connectivity index (χ1v) is 19.7. The Balaban J connectivity index is 1.08. The number of aliphatic hydroxyl groups is 1. The molecule has 2 fully saturated rings. The second kappa shape index (κ2) is 14.0. The van der Waals surface area contributed by atoms with Crippen molar-refractivity contribution < 1.29 is 14.3 Å². The number of fused-ring (bicyclic) bond motifs is 4. The molecule has 4 heterocycles. The van der Waals surface area contributed by atoms with E-state index < -0.39 is 5.82 Å². The molecule has 3 aromatic rings. The second-order valence-corrected chi connectivity index (χ2v) is 16.3. The number of hydrogen-bond acceptors (Lipinski definition) is 7. The number of carbonyl (C=O) groups excluding carboxylic acids is 1. The predicted molar refractivity (Wildman–Crippen MR) is 198 cm³/mol. The number of rotatable bonds is 8. The molecule has 3 aliphatic carbocycles. The monoisotopic (exact) mass is 696 g/mol. The van der Waals surface area contributed by atoms with E-state index >= 15 is 4.39 Å². The van der Waals surface area contributed by atoms with Crippen LogP contribution in [-0.2, 0) is 39.3 Å². The van der Waals surface area contributed by atoms with E-state index in [2.05, 4.69) is 22.8 Å². The van der Waals surface area contributed by atoms with Gasteiger partial charge in [0.1, 0.15) is 11.5 Å². The Bertz CT molecular complexity index is 1940. The summed E-state index contributed by atoms with van der Waals surface area (Å²) in [5.74, 6) is -0.252. The maximum absolute atomic E-state index is 15.4. The number of carbonyl (C=O) groups is 1. The van der Waals surface area contributed by atoms with Gasteiger partial charge in [-0.15, -0.1) is 11.3 Å². The summed E-state index contributed by atoms with van der Waals surface area (Å²) in [5, 5.41) is 10.7. The van der Waals surface area contributed by atoms with Gasteiger partial charge in [-0.1, -0.05) is 6.92 Å². The molecule has 1 saturated carbocycles. The highest BCUT2D eigenvalue weighted by Gasteiger charge is 2.37. The molecule has 2 atom stereocenters. The number of aliphatic imine (C=N–C) groups is 1. The van der Waals surface area contributed by atoms with E-state index in [0.29, 0.717) is 52.9 Å². The molecular formula is C41H49FN4O3S. The highest BCUT2D eigenvalue weighted by molar-refractivity contribution is 7.14. The molecule has 0 amide bonds. The van der Waals surface area contributed by atoms with Gasteiger partial charge in [0.05, 0.1) is 11.5 Å². The maximum atomic E-state index is 15.4. The van der Waals surface area contributed by atoms with Crippen molar-refractivity contribution in [1.82, 2.24) is 14.4 Å². The van der Waals surface area contributed by atoms with Gasteiger partial charge < -0.3 is 14.6 Å². The van der Waals surface area contributed by atoms with Crippen LogP contribution in [0.4, 0.5) is 10.1 Å². The van der Waals surface area contributed by atoms with Crippen LogP contribution in [0.25, 0.3) is 11.1 Å². The second-order valence-electron chi connectivity index (χ2n) is 15.2. The van der Waals surface area contributed by atoms with Gasteiger partial charge in [0.15, 0.2) is 5.78 Å². The zero-order chi connectivity index (χ0) is 34.5. The number of ketones is 1. The number of aromatic nitrogens is 1. The lowest BCUT2D eigenvalue weighted by molar-refractivity contribution is 0.0913. The first-order chi connectivity index (χ1) is 24.3. The smallest absolute Gasteiger partial charge is 0.276 e. The molecule has 2 unspecified atom stereocenters. The molecule has 0 bridgehead atoms. The van der Waals surface area contributed by atoms with Crippen LogP contribution in [0.5, 0.6) is 0 Å². The zero-order valence-electron chi connectivity index (χ0n) is 29.5. The average molecular weight is 697 g/mol. The number of benzene rings is 1. The molecule has 0 radical (unpaired) electrons. The summed E-state index contributed by atoms with van der Waals surface area (Å²) < 4.78 is 16.9. The maximum Gasteiger partial charge on any atom is 0.276 e. The molecule has 0 spiro atoms. The lowest BCUT2D eigenvalue weighted by atomic mass is 9.88. The number of Topliss-reactive ketones (excluding diaryl/α,β-unsaturated/α-hetero) is 1. The molecule has 9 heteroatoms. The number of nitrogens with zero attached hydrogens (tertiary/aromatic N) is 4. The van der Waals surface area contributed by atoms with Gasteiger partial charge in [-0.25, -0.2) is 9.38 Å². The molecular weight excluding hydrogens is 648 g/mol. The van der Waals surface area contributed by atoms with E-state index in [1.54, 1.807) is 30.6 Å². The Hall–Kier alpha value is -3.40. The van der Waals surface area contributed by atoms with Crippen LogP contribution in [0.1, 0.15) is 102 Å². The number of piperazine rings is 1. The molecule has 264 valence electrons. The van der Waals surface area contributed by atoms with E-state index in [9.17, 15) is 14.7 Å². The summed E-state index contributed by atoms with van der Waals surface area (Å²) in [6.07, 6.45) is 16.7. The fraction of sp³-hybridized carbons (Fsp3) is 0.537. The molecule has 5 aliphatic rings. The SMILES string of the molecule is CCC1CC(=Nc2cc(-c3cc(F)cc(CCC4CCCc5c(sc6c5CCCC6)C4=O)c3CO)cn(C)c2=O)C=C2CN(C3CC3)CCN21.